The van der Waals surface area contributed by atoms with Gasteiger partial charge in [-0.2, -0.15) is 0 Å². The summed E-state index contributed by atoms with van der Waals surface area (Å²) in [4.78, 5) is 13.2. The summed E-state index contributed by atoms with van der Waals surface area (Å²) in [5.41, 5.74) is 3.76. The van der Waals surface area contributed by atoms with Gasteiger partial charge in [-0.05, 0) is 23.6 Å². The van der Waals surface area contributed by atoms with Crippen molar-refractivity contribution in [2.24, 2.45) is 0 Å². The van der Waals surface area contributed by atoms with E-state index in [2.05, 4.69) is 21.2 Å². The van der Waals surface area contributed by atoms with E-state index < -0.39 is 67.6 Å². The van der Waals surface area contributed by atoms with Crippen LogP contribution in [0.3, 0.4) is 0 Å². The molecule has 16 nitrogen and oxygen atoms in total. The second kappa shape index (κ2) is 31.1. The Hall–Kier alpha value is -3.73. The molecule has 1 amide bonds. The SMILES string of the molecule is CC(=O)N[C@H]1[C@H](OCCOCCOCCOCCOCCOCCBr)O[C@@H]2CO[C@@H](c3ccccc3)O[C@H]2[C@@H]1O[C@@H]1O[C@@H](C)[C@@H](OCc2ccccc2)[C@@H](OCc2ccccc2)[C@@H]1OCc1ccccc1. The van der Waals surface area contributed by atoms with Gasteiger partial charge < -0.3 is 71.6 Å². The molecular formula is C54H70BrNO15. The summed E-state index contributed by atoms with van der Waals surface area (Å²) >= 11 is 3.33. The predicted octanol–water partition coefficient (Wildman–Crippen LogP) is 6.71. The van der Waals surface area contributed by atoms with Gasteiger partial charge in [-0.1, -0.05) is 137 Å². The average molecular weight is 1050 g/mol. The molecule has 1 N–H and O–H groups in total. The zero-order chi connectivity index (χ0) is 49.3. The molecule has 0 saturated carbocycles. The molecular weight excluding hydrogens is 982 g/mol. The van der Waals surface area contributed by atoms with Crippen LogP contribution in [0.4, 0.5) is 0 Å². The number of carbonyl (C=O) groups is 1. The van der Waals surface area contributed by atoms with Crippen LogP contribution in [0.5, 0.6) is 0 Å². The van der Waals surface area contributed by atoms with Crippen LogP contribution in [0.25, 0.3) is 0 Å². The van der Waals surface area contributed by atoms with Gasteiger partial charge in [0.05, 0.1) is 105 Å². The van der Waals surface area contributed by atoms with Crippen molar-refractivity contribution in [2.75, 3.05) is 84.6 Å². The van der Waals surface area contributed by atoms with Crippen LogP contribution in [-0.4, -0.2) is 152 Å². The van der Waals surface area contributed by atoms with E-state index in [1.165, 1.54) is 6.92 Å². The third-order valence-electron chi connectivity index (χ3n) is 11.9. The Morgan fingerprint density at radius 1 is 0.535 bits per heavy atom. The number of nitrogens with one attached hydrogen (secondary N) is 1. The number of ether oxygens (including phenoxy) is 14. The van der Waals surface area contributed by atoms with Gasteiger partial charge in [-0.3, -0.25) is 4.79 Å². The van der Waals surface area contributed by atoms with Crippen molar-refractivity contribution >= 4 is 21.8 Å². The number of rotatable bonds is 31. The normalized spacial score (nSPS) is 26.4. The number of alkyl halides is 1. The first kappa shape index (κ1) is 55.0. The smallest absolute Gasteiger partial charge is 0.217 e. The molecule has 4 aromatic carbocycles. The minimum absolute atomic E-state index is 0.138. The lowest BCUT2D eigenvalue weighted by Gasteiger charge is -2.52. The maximum Gasteiger partial charge on any atom is 0.217 e. The van der Waals surface area contributed by atoms with Crippen LogP contribution >= 0.6 is 15.9 Å². The van der Waals surface area contributed by atoms with E-state index in [0.29, 0.717) is 66.1 Å². The number of fused-ring (bicyclic) bond motifs is 1. The van der Waals surface area contributed by atoms with Gasteiger partial charge in [0.25, 0.3) is 0 Å². The largest absolute Gasteiger partial charge is 0.378 e. The highest BCUT2D eigenvalue weighted by atomic mass is 79.9. The molecule has 17 heteroatoms. The molecule has 11 atom stereocenters. The molecule has 0 radical (unpaired) electrons. The summed E-state index contributed by atoms with van der Waals surface area (Å²) < 4.78 is 88.6. The molecule has 7 rings (SSSR count). The molecule has 0 unspecified atom stereocenters. The van der Waals surface area contributed by atoms with E-state index in [1.807, 2.05) is 128 Å². The first-order valence-corrected chi connectivity index (χ1v) is 25.7. The molecule has 3 saturated heterocycles. The molecule has 0 spiro atoms. The molecule has 0 aliphatic carbocycles. The minimum Gasteiger partial charge on any atom is -0.378 e. The van der Waals surface area contributed by atoms with Crippen LogP contribution in [-0.2, 0) is 90.9 Å². The Labute approximate surface area is 426 Å². The van der Waals surface area contributed by atoms with Gasteiger partial charge in [0.2, 0.25) is 5.91 Å². The Morgan fingerprint density at radius 3 is 1.51 bits per heavy atom. The summed E-state index contributed by atoms with van der Waals surface area (Å²) in [7, 11) is 0. The summed E-state index contributed by atoms with van der Waals surface area (Å²) in [6.45, 7) is 9.01. The van der Waals surface area contributed by atoms with E-state index in [4.69, 9.17) is 66.3 Å². The summed E-state index contributed by atoms with van der Waals surface area (Å²) in [6, 6.07) is 38.6. The van der Waals surface area contributed by atoms with Gasteiger partial charge in [-0.25, -0.2) is 0 Å². The molecule has 0 aromatic heterocycles. The summed E-state index contributed by atoms with van der Waals surface area (Å²) in [5, 5.41) is 3.88. The van der Waals surface area contributed by atoms with E-state index in [-0.39, 0.29) is 38.9 Å². The number of halogens is 1. The van der Waals surface area contributed by atoms with Gasteiger partial charge in [0.1, 0.15) is 42.7 Å². The standard InChI is InChI=1S/C54H70BrNO15/c1-39-47(64-35-41-15-7-3-8-16-41)50(65-36-42-17-9-4-10-18-42)51(66-37-43-19-11-5-12-20-43)54(68-39)71-49-46(56-40(2)57)53(69-45-38-67-52(70-48(45)49)44-21-13-6-14-22-44)63-34-33-62-32-31-61-30-29-60-28-27-59-26-25-58-24-23-55/h3-22,39,45-54H,23-38H2,1-2H3,(H,56,57)/t39-,45+,46+,47+,48+,49+,50+,51-,52+,53+,54-/m0/s1. The highest BCUT2D eigenvalue weighted by Crippen LogP contribution is 2.39. The van der Waals surface area contributed by atoms with Crippen LogP contribution in [0, 0.1) is 0 Å². The molecule has 3 heterocycles. The van der Waals surface area contributed by atoms with Gasteiger partial charge in [0, 0.05) is 17.8 Å². The molecule has 0 bridgehead atoms. The van der Waals surface area contributed by atoms with E-state index >= 15 is 0 Å². The molecule has 71 heavy (non-hydrogen) atoms. The van der Waals surface area contributed by atoms with Crippen molar-refractivity contribution in [1.29, 1.82) is 0 Å². The number of amides is 1. The molecule has 388 valence electrons. The maximum absolute atomic E-state index is 13.2. The lowest BCUT2D eigenvalue weighted by molar-refractivity contribution is -0.382. The van der Waals surface area contributed by atoms with Crippen LogP contribution in [0.2, 0.25) is 0 Å². The minimum atomic E-state index is -1.05. The van der Waals surface area contributed by atoms with Crippen molar-refractivity contribution in [2.45, 2.75) is 101 Å². The van der Waals surface area contributed by atoms with Crippen LogP contribution < -0.4 is 5.32 Å². The summed E-state index contributed by atoms with van der Waals surface area (Å²) in [5.74, 6) is -0.320. The maximum atomic E-state index is 13.2. The zero-order valence-electron chi connectivity index (χ0n) is 40.7. The van der Waals surface area contributed by atoms with Gasteiger partial charge in [-0.15, -0.1) is 0 Å². The lowest BCUT2D eigenvalue weighted by Crippen LogP contribution is -2.69. The van der Waals surface area contributed by atoms with Crippen molar-refractivity contribution in [3.05, 3.63) is 144 Å². The second-order valence-corrected chi connectivity index (χ2v) is 18.0. The van der Waals surface area contributed by atoms with Crippen molar-refractivity contribution in [3.8, 4) is 0 Å². The first-order valence-electron chi connectivity index (χ1n) is 24.5. The lowest BCUT2D eigenvalue weighted by atomic mass is 9.94. The fraction of sp³-hybridized carbons (Fsp3) is 0.537. The van der Waals surface area contributed by atoms with Crippen molar-refractivity contribution in [3.63, 3.8) is 0 Å². The third-order valence-corrected chi connectivity index (χ3v) is 12.2. The predicted molar refractivity (Wildman–Crippen MR) is 264 cm³/mol. The highest BCUT2D eigenvalue weighted by Gasteiger charge is 2.55. The fourth-order valence-corrected chi connectivity index (χ4v) is 8.67. The first-order chi connectivity index (χ1) is 35.0. The Balaban J connectivity index is 1.05. The topological polar surface area (TPSA) is 158 Å². The van der Waals surface area contributed by atoms with Crippen LogP contribution in [0.1, 0.15) is 42.4 Å². The second-order valence-electron chi connectivity index (χ2n) is 17.2. The zero-order valence-corrected chi connectivity index (χ0v) is 42.3. The Kier molecular flexibility index (Phi) is 24.1. The number of benzene rings is 4. The number of carbonyl (C=O) groups excluding carboxylic acids is 1. The molecule has 3 aliphatic heterocycles. The monoisotopic (exact) mass is 1050 g/mol. The molecule has 4 aromatic rings. The summed E-state index contributed by atoms with van der Waals surface area (Å²) in [6.07, 6.45) is -7.75. The van der Waals surface area contributed by atoms with E-state index in [9.17, 15) is 4.79 Å². The fourth-order valence-electron chi connectivity index (χ4n) is 8.44. The highest BCUT2D eigenvalue weighted by molar-refractivity contribution is 9.09. The van der Waals surface area contributed by atoms with Gasteiger partial charge in [0.15, 0.2) is 18.9 Å². The Morgan fingerprint density at radius 2 is 1.00 bits per heavy atom. The number of hydrogen-bond acceptors (Lipinski definition) is 15. The number of hydrogen-bond donors (Lipinski definition) is 1. The average Bonchev–Trinajstić information content (AvgIpc) is 3.40. The van der Waals surface area contributed by atoms with Gasteiger partial charge >= 0.3 is 0 Å². The molecule has 3 aliphatic rings. The van der Waals surface area contributed by atoms with Crippen molar-refractivity contribution < 1.29 is 71.1 Å². The quantitative estimate of drug-likeness (QED) is 0.0419. The van der Waals surface area contributed by atoms with Crippen molar-refractivity contribution in [1.82, 2.24) is 5.32 Å². The Bertz CT molecular complexity index is 2030. The van der Waals surface area contributed by atoms with E-state index in [0.717, 1.165) is 27.6 Å². The molecule has 3 fully saturated rings. The van der Waals surface area contributed by atoms with E-state index in [1.54, 1.807) is 0 Å². The van der Waals surface area contributed by atoms with Crippen LogP contribution in [0.15, 0.2) is 121 Å². The third kappa shape index (κ3) is 18.0.